The summed E-state index contributed by atoms with van der Waals surface area (Å²) in [6, 6.07) is 5.04. The first-order valence-corrected chi connectivity index (χ1v) is 8.98. The van der Waals surface area contributed by atoms with Crippen LogP contribution in [0.1, 0.15) is 24.0 Å². The number of aromatic nitrogens is 4. The minimum atomic E-state index is -4.32. The molecule has 0 amide bonds. The summed E-state index contributed by atoms with van der Waals surface area (Å²) in [5.74, 6) is 1.44. The number of aromatic amines is 1. The lowest BCUT2D eigenvalue weighted by Gasteiger charge is -2.06. The molecule has 0 radical (unpaired) electrons. The predicted octanol–water partition coefficient (Wildman–Crippen LogP) is 4.80. The van der Waals surface area contributed by atoms with Crippen LogP contribution < -0.4 is 0 Å². The first-order valence-electron chi connectivity index (χ1n) is 7.12. The molecule has 0 unspecified atom stereocenters. The number of nitrogens with zero attached hydrogens (tertiary/aromatic N) is 3. The Bertz CT molecular complexity index is 809. The van der Waals surface area contributed by atoms with Crippen molar-refractivity contribution in [1.29, 1.82) is 0 Å². The van der Waals surface area contributed by atoms with Gasteiger partial charge in [0.1, 0.15) is 10.8 Å². The third-order valence-electron chi connectivity index (χ3n) is 3.21. The van der Waals surface area contributed by atoms with Crippen LogP contribution in [0.25, 0.3) is 10.6 Å². The number of halogens is 3. The molecular weight excluding hydrogens is 357 g/mol. The first kappa shape index (κ1) is 17.0. The Morgan fingerprint density at radius 2 is 1.92 bits per heavy atom. The standard InChI is InChI=1S/C15H13F3N4S2/c1-2-12-20-14(22-21-12)24-8-11-7-23-13(19-11)9-3-5-10(6-4-9)15(16,17)18/h3-7H,2,8H2,1H3,(H,20,21,22). The van der Waals surface area contributed by atoms with Gasteiger partial charge >= 0.3 is 6.18 Å². The van der Waals surface area contributed by atoms with Gasteiger partial charge in [-0.05, 0) is 12.1 Å². The molecule has 3 rings (SSSR count). The molecule has 3 aromatic rings. The van der Waals surface area contributed by atoms with Gasteiger partial charge in [0.25, 0.3) is 0 Å². The normalized spacial score (nSPS) is 11.8. The number of aryl methyl sites for hydroxylation is 1. The number of rotatable bonds is 5. The molecule has 0 aliphatic carbocycles. The van der Waals surface area contributed by atoms with Gasteiger partial charge in [-0.3, -0.25) is 5.10 Å². The minimum Gasteiger partial charge on any atom is -0.262 e. The van der Waals surface area contributed by atoms with E-state index >= 15 is 0 Å². The van der Waals surface area contributed by atoms with Crippen LogP contribution in [0, 0.1) is 0 Å². The lowest BCUT2D eigenvalue weighted by atomic mass is 10.1. The van der Waals surface area contributed by atoms with Crippen molar-refractivity contribution in [2.45, 2.75) is 30.4 Å². The minimum absolute atomic E-state index is 0.609. The van der Waals surface area contributed by atoms with Crippen molar-refractivity contribution < 1.29 is 13.2 Å². The van der Waals surface area contributed by atoms with Crippen molar-refractivity contribution in [3.05, 3.63) is 46.7 Å². The van der Waals surface area contributed by atoms with E-state index in [1.165, 1.54) is 35.2 Å². The second kappa shape index (κ2) is 6.94. The highest BCUT2D eigenvalue weighted by Crippen LogP contribution is 2.32. The number of hydrogen-bond donors (Lipinski definition) is 1. The largest absolute Gasteiger partial charge is 0.416 e. The number of nitrogens with one attached hydrogen (secondary N) is 1. The fraction of sp³-hybridized carbons (Fsp3) is 0.267. The van der Waals surface area contributed by atoms with Crippen molar-refractivity contribution >= 4 is 23.1 Å². The highest BCUT2D eigenvalue weighted by molar-refractivity contribution is 7.98. The Morgan fingerprint density at radius 3 is 2.54 bits per heavy atom. The van der Waals surface area contributed by atoms with E-state index in [1.54, 1.807) is 0 Å². The number of hydrogen-bond acceptors (Lipinski definition) is 5. The number of thioether (sulfide) groups is 1. The number of benzene rings is 1. The summed E-state index contributed by atoms with van der Waals surface area (Å²) in [5.41, 5.74) is 0.869. The van der Waals surface area contributed by atoms with E-state index in [9.17, 15) is 13.2 Å². The third kappa shape index (κ3) is 3.96. The van der Waals surface area contributed by atoms with Crippen molar-refractivity contribution in [2.24, 2.45) is 0 Å². The van der Waals surface area contributed by atoms with Gasteiger partial charge in [-0.25, -0.2) is 9.97 Å². The molecule has 2 aromatic heterocycles. The molecule has 9 heteroatoms. The second-order valence-electron chi connectivity index (χ2n) is 4.93. The molecule has 0 aliphatic heterocycles. The smallest absolute Gasteiger partial charge is 0.262 e. The Hall–Kier alpha value is -1.87. The second-order valence-corrected chi connectivity index (χ2v) is 6.73. The highest BCUT2D eigenvalue weighted by Gasteiger charge is 2.30. The lowest BCUT2D eigenvalue weighted by Crippen LogP contribution is -2.03. The van der Waals surface area contributed by atoms with E-state index in [-0.39, 0.29) is 0 Å². The van der Waals surface area contributed by atoms with Gasteiger partial charge in [-0.15, -0.1) is 16.4 Å². The fourth-order valence-corrected chi connectivity index (χ4v) is 3.59. The molecule has 0 fully saturated rings. The Labute approximate surface area is 144 Å². The lowest BCUT2D eigenvalue weighted by molar-refractivity contribution is -0.137. The zero-order valence-electron chi connectivity index (χ0n) is 12.6. The first-order chi connectivity index (χ1) is 11.5. The molecule has 0 bridgehead atoms. The molecule has 126 valence electrons. The molecule has 2 heterocycles. The van der Waals surface area contributed by atoms with Gasteiger partial charge in [0.15, 0.2) is 0 Å². The molecular formula is C15H13F3N4S2. The van der Waals surface area contributed by atoms with Crippen LogP contribution in [0.3, 0.4) is 0 Å². The van der Waals surface area contributed by atoms with Crippen LogP contribution in [0.2, 0.25) is 0 Å². The monoisotopic (exact) mass is 370 g/mol. The molecule has 4 nitrogen and oxygen atoms in total. The van der Waals surface area contributed by atoms with E-state index < -0.39 is 11.7 Å². The average molecular weight is 370 g/mol. The molecule has 24 heavy (non-hydrogen) atoms. The van der Waals surface area contributed by atoms with Gasteiger partial charge < -0.3 is 0 Å². The maximum atomic E-state index is 12.6. The third-order valence-corrected chi connectivity index (χ3v) is 5.03. The summed E-state index contributed by atoms with van der Waals surface area (Å²) in [7, 11) is 0. The average Bonchev–Trinajstić information content (AvgIpc) is 3.21. The Balaban J connectivity index is 1.66. The zero-order valence-corrected chi connectivity index (χ0v) is 14.2. The van der Waals surface area contributed by atoms with Crippen molar-refractivity contribution in [1.82, 2.24) is 20.2 Å². The van der Waals surface area contributed by atoms with E-state index in [0.717, 1.165) is 30.1 Å². The quantitative estimate of drug-likeness (QED) is 0.656. The Kier molecular flexibility index (Phi) is 4.91. The van der Waals surface area contributed by atoms with Crippen molar-refractivity contribution in [3.8, 4) is 10.6 Å². The maximum absolute atomic E-state index is 12.6. The van der Waals surface area contributed by atoms with Gasteiger partial charge in [0.05, 0.1) is 11.3 Å². The SMILES string of the molecule is CCc1nc(SCc2csc(-c3ccc(C(F)(F)F)cc3)n2)n[nH]1. The predicted molar refractivity (Wildman–Crippen MR) is 87.9 cm³/mol. The van der Waals surface area contributed by atoms with E-state index in [2.05, 4.69) is 20.2 Å². The van der Waals surface area contributed by atoms with Gasteiger partial charge in [-0.1, -0.05) is 30.8 Å². The van der Waals surface area contributed by atoms with Crippen LogP contribution in [-0.4, -0.2) is 20.2 Å². The van der Waals surface area contributed by atoms with Crippen LogP contribution in [0.5, 0.6) is 0 Å². The molecule has 1 aromatic carbocycles. The topological polar surface area (TPSA) is 54.5 Å². The zero-order chi connectivity index (χ0) is 17.2. The van der Waals surface area contributed by atoms with Crippen molar-refractivity contribution in [3.63, 3.8) is 0 Å². The summed E-state index contributed by atoms with van der Waals surface area (Å²) in [6.45, 7) is 1.99. The van der Waals surface area contributed by atoms with Gasteiger partial charge in [-0.2, -0.15) is 13.2 Å². The van der Waals surface area contributed by atoms with Crippen LogP contribution in [0.15, 0.2) is 34.8 Å². The van der Waals surface area contributed by atoms with Gasteiger partial charge in [0.2, 0.25) is 5.16 Å². The summed E-state index contributed by atoms with van der Waals surface area (Å²) in [6.07, 6.45) is -3.53. The Morgan fingerprint density at radius 1 is 1.17 bits per heavy atom. The maximum Gasteiger partial charge on any atom is 0.416 e. The molecule has 0 saturated carbocycles. The van der Waals surface area contributed by atoms with Crippen LogP contribution in [0.4, 0.5) is 13.2 Å². The van der Waals surface area contributed by atoms with Gasteiger partial charge in [0, 0.05) is 23.1 Å². The summed E-state index contributed by atoms with van der Waals surface area (Å²) < 4.78 is 37.8. The molecule has 0 saturated heterocycles. The molecule has 1 N–H and O–H groups in total. The van der Waals surface area contributed by atoms with E-state index in [1.807, 2.05) is 12.3 Å². The van der Waals surface area contributed by atoms with Crippen LogP contribution >= 0.6 is 23.1 Å². The van der Waals surface area contributed by atoms with E-state index in [4.69, 9.17) is 0 Å². The number of thiazole rings is 1. The van der Waals surface area contributed by atoms with Crippen LogP contribution in [-0.2, 0) is 18.3 Å². The number of alkyl halides is 3. The number of H-pyrrole nitrogens is 1. The highest BCUT2D eigenvalue weighted by atomic mass is 32.2. The summed E-state index contributed by atoms with van der Waals surface area (Å²) >= 11 is 2.87. The fourth-order valence-electron chi connectivity index (χ4n) is 1.95. The summed E-state index contributed by atoms with van der Waals surface area (Å²) in [4.78, 5) is 8.77. The molecule has 0 atom stereocenters. The van der Waals surface area contributed by atoms with E-state index in [0.29, 0.717) is 21.5 Å². The van der Waals surface area contributed by atoms with Crippen molar-refractivity contribution in [2.75, 3.05) is 0 Å². The summed E-state index contributed by atoms with van der Waals surface area (Å²) in [5, 5.41) is 10.2. The molecule has 0 aliphatic rings. The molecule has 0 spiro atoms.